The molecule has 0 N–H and O–H groups in total. The van der Waals surface area contributed by atoms with Crippen molar-refractivity contribution >= 4 is 13.3 Å². The van der Waals surface area contributed by atoms with Gasteiger partial charge < -0.3 is 21.8 Å². The predicted molar refractivity (Wildman–Crippen MR) is 81.8 cm³/mol. The summed E-state index contributed by atoms with van der Waals surface area (Å²) < 4.78 is 41.2. The molecule has 0 amide bonds. The maximum Gasteiger partial charge on any atom is 0.673 e. The van der Waals surface area contributed by atoms with Crippen LogP contribution in [0.25, 0.3) is 6.08 Å². The van der Waals surface area contributed by atoms with E-state index in [0.717, 1.165) is 6.42 Å². The number of allylic oxidation sites excluding steroid dienone is 1. The molecule has 0 spiro atoms. The normalized spacial score (nSPS) is 12.8. The summed E-state index contributed by atoms with van der Waals surface area (Å²) in [6.45, 7) is 2.21. The molecule has 0 fully saturated rings. The molecular weight excluding hydrogens is 295 g/mol. The van der Waals surface area contributed by atoms with Gasteiger partial charge in [0.2, 0.25) is 0 Å². The molecule has 0 aliphatic rings. The van der Waals surface area contributed by atoms with Crippen molar-refractivity contribution in [3.05, 3.63) is 60.7 Å². The van der Waals surface area contributed by atoms with Crippen LogP contribution in [-0.4, -0.2) is 16.8 Å². The van der Waals surface area contributed by atoms with E-state index < -0.39 is 7.25 Å². The third kappa shape index (κ3) is 8.29. The molecule has 1 aromatic heterocycles. The monoisotopic (exact) mass is 313 g/mol. The second-order valence-electron chi connectivity index (χ2n) is 4.63. The summed E-state index contributed by atoms with van der Waals surface area (Å²) in [4.78, 5) is 4.11. The van der Waals surface area contributed by atoms with Crippen molar-refractivity contribution in [1.82, 2.24) is 9.55 Å². The molecule has 2 aromatic rings. The average molecular weight is 313 g/mol. The second-order valence-corrected chi connectivity index (χ2v) is 4.63. The minimum atomic E-state index is -6.00. The van der Waals surface area contributed by atoms with Gasteiger partial charge in [0.25, 0.3) is 0 Å². The van der Waals surface area contributed by atoms with Crippen LogP contribution in [0.4, 0.5) is 17.3 Å². The number of imidazole rings is 1. The molecule has 1 aromatic carbocycles. The minimum Gasteiger partial charge on any atom is -0.418 e. The first-order valence-electron chi connectivity index (χ1n) is 6.98. The van der Waals surface area contributed by atoms with E-state index in [1.54, 1.807) is 0 Å². The molecular formula is C15H18BF4N2-. The molecule has 0 radical (unpaired) electrons. The molecule has 0 bridgehead atoms. The fraction of sp³-hybridized carbons (Fsp3) is 0.267. The van der Waals surface area contributed by atoms with Crippen molar-refractivity contribution in [2.24, 2.45) is 0 Å². The van der Waals surface area contributed by atoms with Gasteiger partial charge in [-0.3, -0.25) is 0 Å². The van der Waals surface area contributed by atoms with Gasteiger partial charge in [-0.15, -0.1) is 0 Å². The number of aromatic nitrogens is 2. The van der Waals surface area contributed by atoms with Crippen LogP contribution in [0, 0.1) is 0 Å². The summed E-state index contributed by atoms with van der Waals surface area (Å²) in [6, 6.07) is 10.8. The highest BCUT2D eigenvalue weighted by atomic mass is 19.5. The van der Waals surface area contributed by atoms with E-state index in [0.29, 0.717) is 6.04 Å². The van der Waals surface area contributed by atoms with Crippen molar-refractivity contribution in [3.63, 3.8) is 0 Å². The first kappa shape index (κ1) is 18.0. The Labute approximate surface area is 127 Å². The first-order valence-corrected chi connectivity index (χ1v) is 6.98. The lowest BCUT2D eigenvalue weighted by atomic mass is 10.1. The number of rotatable bonds is 5. The highest BCUT2D eigenvalue weighted by Crippen LogP contribution is 2.16. The molecule has 1 unspecified atom stereocenters. The largest absolute Gasteiger partial charge is 0.673 e. The van der Waals surface area contributed by atoms with E-state index in [1.165, 1.54) is 12.0 Å². The maximum absolute atomic E-state index is 9.75. The number of hydrogen-bond acceptors (Lipinski definition) is 1. The second kappa shape index (κ2) is 9.07. The summed E-state index contributed by atoms with van der Waals surface area (Å²) in [5.74, 6) is 0. The van der Waals surface area contributed by atoms with Crippen LogP contribution in [0.1, 0.15) is 31.4 Å². The zero-order chi connectivity index (χ0) is 16.4. The summed E-state index contributed by atoms with van der Waals surface area (Å²) in [6.07, 6.45) is 12.5. The van der Waals surface area contributed by atoms with Crippen molar-refractivity contribution in [3.8, 4) is 0 Å². The van der Waals surface area contributed by atoms with E-state index >= 15 is 0 Å². The van der Waals surface area contributed by atoms with E-state index in [9.17, 15) is 17.3 Å². The predicted octanol–water partition coefficient (Wildman–Crippen LogP) is 5.24. The molecule has 2 rings (SSSR count). The summed E-state index contributed by atoms with van der Waals surface area (Å²) in [5.41, 5.74) is 1.24. The van der Waals surface area contributed by atoms with E-state index in [2.05, 4.69) is 52.9 Å². The Balaban J connectivity index is 0.000000422. The lowest BCUT2D eigenvalue weighted by molar-refractivity contribution is 0.368. The van der Waals surface area contributed by atoms with Crippen LogP contribution >= 0.6 is 0 Å². The Morgan fingerprint density at radius 1 is 1.18 bits per heavy atom. The van der Waals surface area contributed by atoms with Crippen molar-refractivity contribution in [1.29, 1.82) is 0 Å². The fourth-order valence-electron chi connectivity index (χ4n) is 1.89. The van der Waals surface area contributed by atoms with E-state index in [4.69, 9.17) is 0 Å². The van der Waals surface area contributed by atoms with Crippen LogP contribution in [0.15, 0.2) is 55.1 Å². The minimum absolute atomic E-state index is 0.405. The van der Waals surface area contributed by atoms with Crippen LogP contribution in [0.2, 0.25) is 0 Å². The van der Waals surface area contributed by atoms with Crippen LogP contribution in [-0.2, 0) is 0 Å². The number of benzene rings is 1. The third-order valence-electron chi connectivity index (χ3n) is 2.80. The highest BCUT2D eigenvalue weighted by molar-refractivity contribution is 6.50. The van der Waals surface area contributed by atoms with Gasteiger partial charge in [0.05, 0.1) is 12.4 Å². The van der Waals surface area contributed by atoms with Gasteiger partial charge in [0.1, 0.15) is 0 Å². The zero-order valence-electron chi connectivity index (χ0n) is 12.2. The Morgan fingerprint density at radius 2 is 1.82 bits per heavy atom. The Hall–Kier alpha value is -2.05. The molecule has 0 aliphatic heterocycles. The SMILES string of the molecule is CCCC(C=Cc1ccccc1)n1ccnc1.F[B-](F)(F)F. The molecule has 120 valence electrons. The van der Waals surface area contributed by atoms with Crippen molar-refractivity contribution in [2.75, 3.05) is 0 Å². The summed E-state index contributed by atoms with van der Waals surface area (Å²) >= 11 is 0. The van der Waals surface area contributed by atoms with Crippen molar-refractivity contribution in [2.45, 2.75) is 25.8 Å². The zero-order valence-corrected chi connectivity index (χ0v) is 12.2. The van der Waals surface area contributed by atoms with Gasteiger partial charge in [-0.1, -0.05) is 55.8 Å². The Bertz CT molecular complexity index is 532. The van der Waals surface area contributed by atoms with Crippen LogP contribution in [0.5, 0.6) is 0 Å². The summed E-state index contributed by atoms with van der Waals surface area (Å²) in [5, 5.41) is 0. The van der Waals surface area contributed by atoms with Crippen molar-refractivity contribution < 1.29 is 17.3 Å². The van der Waals surface area contributed by atoms with Gasteiger partial charge in [0.15, 0.2) is 0 Å². The van der Waals surface area contributed by atoms with Gasteiger partial charge in [0, 0.05) is 12.4 Å². The van der Waals surface area contributed by atoms with Gasteiger partial charge >= 0.3 is 7.25 Å². The average Bonchev–Trinajstić information content (AvgIpc) is 2.97. The van der Waals surface area contributed by atoms with Gasteiger partial charge in [-0.2, -0.15) is 0 Å². The molecule has 7 heteroatoms. The molecule has 0 saturated carbocycles. The molecule has 2 nitrogen and oxygen atoms in total. The molecule has 1 atom stereocenters. The quantitative estimate of drug-likeness (QED) is 0.545. The molecule has 0 saturated heterocycles. The van der Waals surface area contributed by atoms with E-state index in [-0.39, 0.29) is 0 Å². The Morgan fingerprint density at radius 3 is 2.32 bits per heavy atom. The van der Waals surface area contributed by atoms with Crippen LogP contribution < -0.4 is 0 Å². The number of halogens is 4. The molecule has 0 aliphatic carbocycles. The lowest BCUT2D eigenvalue weighted by Gasteiger charge is -2.12. The standard InChI is InChI=1S/C15H18N2.BF4/c1-2-6-15(17-12-11-16-13-17)10-9-14-7-4-3-5-8-14;2-1(3,4)5/h3-5,7-13,15H,2,6H2,1H3;/q;-1. The van der Waals surface area contributed by atoms with E-state index in [1.807, 2.05) is 24.8 Å². The lowest BCUT2D eigenvalue weighted by Crippen LogP contribution is -2.03. The Kier molecular flexibility index (Phi) is 7.42. The highest BCUT2D eigenvalue weighted by Gasteiger charge is 2.20. The third-order valence-corrected chi connectivity index (χ3v) is 2.80. The maximum atomic E-state index is 9.75. The van der Waals surface area contributed by atoms with Crippen LogP contribution in [0.3, 0.4) is 0 Å². The first-order chi connectivity index (χ1) is 10.4. The van der Waals surface area contributed by atoms with Gasteiger partial charge in [-0.05, 0) is 12.0 Å². The summed E-state index contributed by atoms with van der Waals surface area (Å²) in [7, 11) is -6.00. The topological polar surface area (TPSA) is 17.8 Å². The van der Waals surface area contributed by atoms with Gasteiger partial charge in [-0.25, -0.2) is 4.98 Å². The molecule has 22 heavy (non-hydrogen) atoms. The fourth-order valence-corrected chi connectivity index (χ4v) is 1.89. The number of hydrogen-bond donors (Lipinski definition) is 0. The molecule has 1 heterocycles. The number of nitrogens with zero attached hydrogens (tertiary/aromatic N) is 2. The smallest absolute Gasteiger partial charge is 0.418 e.